The minimum atomic E-state index is -0.0236. The predicted molar refractivity (Wildman–Crippen MR) is 118 cm³/mol. The first-order chi connectivity index (χ1) is 13.8. The molecule has 7 heteroatoms. The first-order valence-electron chi connectivity index (χ1n) is 10.8. The van der Waals surface area contributed by atoms with Gasteiger partial charge in [-0.2, -0.15) is 0 Å². The number of carbonyl (C=O) groups is 2. The maximum Gasteiger partial charge on any atom is 0.279 e. The Kier molecular flexibility index (Phi) is 9.91. The maximum absolute atomic E-state index is 12.3. The molecule has 0 spiro atoms. The van der Waals surface area contributed by atoms with E-state index in [4.69, 9.17) is 11.6 Å². The summed E-state index contributed by atoms with van der Waals surface area (Å²) in [4.78, 5) is 27.1. The number of para-hydroxylation sites is 1. The smallest absolute Gasteiger partial charge is 0.279 e. The van der Waals surface area contributed by atoms with Crippen LogP contribution in [0.2, 0.25) is 5.02 Å². The van der Waals surface area contributed by atoms with Gasteiger partial charge in [0.1, 0.15) is 26.2 Å². The number of anilines is 1. The lowest BCUT2D eigenvalue weighted by Gasteiger charge is -2.29. The first kappa shape index (κ1) is 23.6. The van der Waals surface area contributed by atoms with E-state index in [-0.39, 0.29) is 17.9 Å². The van der Waals surface area contributed by atoms with Crippen LogP contribution in [0.1, 0.15) is 40.0 Å². The van der Waals surface area contributed by atoms with Crippen molar-refractivity contribution in [2.45, 2.75) is 46.1 Å². The van der Waals surface area contributed by atoms with Crippen molar-refractivity contribution >= 4 is 29.1 Å². The average molecular weight is 425 g/mol. The van der Waals surface area contributed by atoms with Crippen molar-refractivity contribution in [3.63, 3.8) is 0 Å². The van der Waals surface area contributed by atoms with Gasteiger partial charge in [0, 0.05) is 6.04 Å². The number of halogens is 1. The highest BCUT2D eigenvalue weighted by atomic mass is 35.5. The molecule has 1 fully saturated rings. The summed E-state index contributed by atoms with van der Waals surface area (Å²) < 4.78 is 0. The average Bonchev–Trinajstić information content (AvgIpc) is 2.65. The Balaban J connectivity index is 1.63. The van der Waals surface area contributed by atoms with Gasteiger partial charge < -0.3 is 20.4 Å². The molecule has 1 atom stereocenters. The molecule has 0 radical (unpaired) electrons. The van der Waals surface area contributed by atoms with Gasteiger partial charge in [-0.1, -0.05) is 50.4 Å². The molecule has 1 aliphatic heterocycles. The summed E-state index contributed by atoms with van der Waals surface area (Å²) in [5.41, 5.74) is 0.655. The summed E-state index contributed by atoms with van der Waals surface area (Å²) in [5, 5.41) is 6.57. The van der Waals surface area contributed by atoms with Crippen LogP contribution in [-0.4, -0.2) is 57.1 Å². The van der Waals surface area contributed by atoms with Crippen LogP contribution in [0.3, 0.4) is 0 Å². The van der Waals surface area contributed by atoms with Crippen LogP contribution < -0.4 is 20.4 Å². The number of hydrogen-bond donors (Lipinski definition) is 4. The van der Waals surface area contributed by atoms with E-state index in [1.165, 1.54) is 16.2 Å². The van der Waals surface area contributed by atoms with Crippen molar-refractivity contribution in [1.82, 2.24) is 5.32 Å². The monoisotopic (exact) mass is 424 g/mol. The number of rotatable bonds is 10. The molecule has 0 saturated carbocycles. The second-order valence-electron chi connectivity index (χ2n) is 8.67. The molecule has 0 unspecified atom stereocenters. The van der Waals surface area contributed by atoms with E-state index in [0.29, 0.717) is 29.7 Å². The zero-order chi connectivity index (χ0) is 21.2. The molecule has 2 rings (SSSR count). The summed E-state index contributed by atoms with van der Waals surface area (Å²) in [6, 6.07) is 7.50. The summed E-state index contributed by atoms with van der Waals surface area (Å²) in [6.07, 6.45) is 3.40. The predicted octanol–water partition coefficient (Wildman–Crippen LogP) is 0.393. The normalized spacial score (nSPS) is 20.3. The standard InChI is InChI=1S/C22H35ClN4O2/c1-17(2)7-6-8-18(3)24-21(28)15-26-11-13-27(14-12-26)16-22(29)25-20-10-5-4-9-19(20)23/h4-5,9-10,17-18H,6-8,11-16H2,1-3H3,(H,24,28)(H,25,29)/p+2/t18-/m1/s1. The van der Waals surface area contributed by atoms with E-state index in [0.717, 1.165) is 39.0 Å². The highest BCUT2D eigenvalue weighted by Gasteiger charge is 2.26. The van der Waals surface area contributed by atoms with E-state index in [9.17, 15) is 9.59 Å². The van der Waals surface area contributed by atoms with Crippen molar-refractivity contribution in [2.24, 2.45) is 5.92 Å². The van der Waals surface area contributed by atoms with Crippen LogP contribution in [0.5, 0.6) is 0 Å². The summed E-state index contributed by atoms with van der Waals surface area (Å²) in [7, 11) is 0. The van der Waals surface area contributed by atoms with Crippen molar-refractivity contribution < 1.29 is 19.4 Å². The van der Waals surface area contributed by atoms with Gasteiger partial charge in [0.25, 0.3) is 11.8 Å². The topological polar surface area (TPSA) is 67.1 Å². The molecule has 1 aromatic carbocycles. The van der Waals surface area contributed by atoms with E-state index < -0.39 is 0 Å². The lowest BCUT2D eigenvalue weighted by atomic mass is 10.0. The van der Waals surface area contributed by atoms with E-state index in [1.807, 2.05) is 12.1 Å². The minimum Gasteiger partial charge on any atom is -0.349 e. The van der Waals surface area contributed by atoms with Gasteiger partial charge in [-0.15, -0.1) is 0 Å². The Hall–Kier alpha value is -1.63. The molecule has 1 aliphatic rings. The lowest BCUT2D eigenvalue weighted by molar-refractivity contribution is -1.00. The Morgan fingerprint density at radius 2 is 1.55 bits per heavy atom. The van der Waals surface area contributed by atoms with Crippen molar-refractivity contribution in [2.75, 3.05) is 44.6 Å². The molecule has 0 bridgehead atoms. The largest absolute Gasteiger partial charge is 0.349 e. The van der Waals surface area contributed by atoms with Crippen LogP contribution in [-0.2, 0) is 9.59 Å². The van der Waals surface area contributed by atoms with Crippen molar-refractivity contribution in [3.05, 3.63) is 29.3 Å². The number of nitrogens with one attached hydrogen (secondary N) is 4. The second kappa shape index (κ2) is 12.2. The Morgan fingerprint density at radius 3 is 2.14 bits per heavy atom. The van der Waals surface area contributed by atoms with Crippen molar-refractivity contribution in [3.8, 4) is 0 Å². The fourth-order valence-corrected chi connectivity index (χ4v) is 3.94. The zero-order valence-electron chi connectivity index (χ0n) is 18.0. The molecule has 0 aliphatic carbocycles. The van der Waals surface area contributed by atoms with E-state index in [2.05, 4.69) is 31.4 Å². The Morgan fingerprint density at radius 1 is 0.966 bits per heavy atom. The molecule has 29 heavy (non-hydrogen) atoms. The van der Waals surface area contributed by atoms with Gasteiger partial charge in [-0.05, 0) is 31.4 Å². The molecule has 1 heterocycles. The number of piperazine rings is 1. The van der Waals surface area contributed by atoms with Crippen LogP contribution in [0, 0.1) is 5.92 Å². The fraction of sp³-hybridized carbons (Fsp3) is 0.636. The van der Waals surface area contributed by atoms with E-state index >= 15 is 0 Å². The maximum atomic E-state index is 12.3. The highest BCUT2D eigenvalue weighted by Crippen LogP contribution is 2.19. The molecule has 1 aromatic rings. The molecule has 6 nitrogen and oxygen atoms in total. The van der Waals surface area contributed by atoms with Crippen LogP contribution in [0.25, 0.3) is 0 Å². The van der Waals surface area contributed by atoms with Crippen molar-refractivity contribution in [1.29, 1.82) is 0 Å². The Labute approximate surface area is 180 Å². The number of amides is 2. The van der Waals surface area contributed by atoms with Gasteiger partial charge in [-0.25, -0.2) is 0 Å². The molecule has 2 amide bonds. The quantitative estimate of drug-likeness (QED) is 0.439. The van der Waals surface area contributed by atoms with Gasteiger partial charge in [-0.3, -0.25) is 9.59 Å². The molecule has 0 aromatic heterocycles. The summed E-state index contributed by atoms with van der Waals surface area (Å²) in [5.74, 6) is 0.828. The second-order valence-corrected chi connectivity index (χ2v) is 9.08. The minimum absolute atomic E-state index is 0.0236. The van der Waals surface area contributed by atoms with Gasteiger partial charge in [0.2, 0.25) is 0 Å². The third-order valence-corrected chi connectivity index (χ3v) is 5.79. The molecular weight excluding hydrogens is 388 g/mol. The Bertz CT molecular complexity index is 660. The van der Waals surface area contributed by atoms with Gasteiger partial charge >= 0.3 is 0 Å². The lowest BCUT2D eigenvalue weighted by Crippen LogP contribution is -3.28. The fourth-order valence-electron chi connectivity index (χ4n) is 3.75. The molecular formula is C22H37ClN4O2+2. The summed E-state index contributed by atoms with van der Waals surface area (Å²) in [6.45, 7) is 11.1. The van der Waals surface area contributed by atoms with Gasteiger partial charge in [0.05, 0.1) is 10.7 Å². The summed E-state index contributed by atoms with van der Waals surface area (Å²) >= 11 is 6.09. The molecule has 162 valence electrons. The number of quaternary nitrogens is 2. The molecule has 1 saturated heterocycles. The SMILES string of the molecule is CC(C)CCC[C@@H](C)NC(=O)C[NH+]1CC[NH+](CC(=O)Nc2ccccc2Cl)CC1. The van der Waals surface area contributed by atoms with Crippen LogP contribution >= 0.6 is 11.6 Å². The first-order valence-corrected chi connectivity index (χ1v) is 11.2. The third kappa shape index (κ3) is 9.15. The van der Waals surface area contributed by atoms with Gasteiger partial charge in [0.15, 0.2) is 13.1 Å². The van der Waals surface area contributed by atoms with Crippen LogP contribution in [0.15, 0.2) is 24.3 Å². The van der Waals surface area contributed by atoms with Crippen LogP contribution in [0.4, 0.5) is 5.69 Å². The molecule has 4 N–H and O–H groups in total. The number of carbonyl (C=O) groups excluding carboxylic acids is 2. The third-order valence-electron chi connectivity index (χ3n) is 5.46. The van der Waals surface area contributed by atoms with E-state index in [1.54, 1.807) is 12.1 Å². The highest BCUT2D eigenvalue weighted by molar-refractivity contribution is 6.33. The number of hydrogen-bond acceptors (Lipinski definition) is 2. The number of benzene rings is 1. The zero-order valence-corrected chi connectivity index (χ0v) is 18.8.